The summed E-state index contributed by atoms with van der Waals surface area (Å²) < 4.78 is 0. The molecule has 0 aromatic carbocycles. The summed E-state index contributed by atoms with van der Waals surface area (Å²) in [6.45, 7) is 4.87. The molecule has 0 atom stereocenters. The minimum Gasteiger partial charge on any atom is -0.354 e. The molecule has 16 heavy (non-hydrogen) atoms. The quantitative estimate of drug-likeness (QED) is 0.460. The molecule has 0 aliphatic heterocycles. The van der Waals surface area contributed by atoms with Crippen molar-refractivity contribution in [1.82, 2.24) is 15.0 Å². The zero-order valence-electron chi connectivity index (χ0n) is 9.47. The highest BCUT2D eigenvalue weighted by Crippen LogP contribution is 2.16. The van der Waals surface area contributed by atoms with Gasteiger partial charge in [0.15, 0.2) is 5.16 Å². The van der Waals surface area contributed by atoms with Crippen molar-refractivity contribution >= 4 is 23.7 Å². The van der Waals surface area contributed by atoms with Gasteiger partial charge in [-0.25, -0.2) is 0 Å². The van der Waals surface area contributed by atoms with Gasteiger partial charge >= 0.3 is 0 Å². The van der Waals surface area contributed by atoms with Crippen LogP contribution in [-0.2, 0) is 0 Å². The summed E-state index contributed by atoms with van der Waals surface area (Å²) in [6.07, 6.45) is 1.86. The third kappa shape index (κ3) is 3.02. The molecular weight excluding hydrogens is 228 g/mol. The van der Waals surface area contributed by atoms with E-state index in [1.807, 2.05) is 13.2 Å². The van der Waals surface area contributed by atoms with Crippen LogP contribution in [0.25, 0.3) is 0 Å². The molecule has 0 unspecified atom stereocenters. The number of nitroso groups, excluding NO2 is 1. The van der Waals surface area contributed by atoms with Gasteiger partial charge in [-0.15, -0.1) is 4.91 Å². The van der Waals surface area contributed by atoms with Crippen LogP contribution < -0.4 is 10.3 Å². The molecule has 1 rings (SSSR count). The molecule has 0 spiro atoms. The fraction of sp³-hybridized carbons (Fsp3) is 0.625. The lowest BCUT2D eigenvalue weighted by Gasteiger charge is -2.12. The summed E-state index contributed by atoms with van der Waals surface area (Å²) in [7, 11) is 0. The Morgan fingerprint density at radius 2 is 2.12 bits per heavy atom. The lowest BCUT2D eigenvalue weighted by atomic mass is 10.7. The standard InChI is InChI=1S/C8H14N6OS/c1-4-9-6-10-7(14(5-2)13-15)12-8(11-6)16-3/h4-5H2,1-3H3,(H,9,10,11,12). The molecule has 88 valence electrons. The zero-order valence-corrected chi connectivity index (χ0v) is 10.3. The average Bonchev–Trinajstić information content (AvgIpc) is 2.31. The molecule has 0 saturated carbocycles. The van der Waals surface area contributed by atoms with E-state index in [9.17, 15) is 4.91 Å². The predicted octanol–water partition coefficient (Wildman–Crippen LogP) is 1.53. The van der Waals surface area contributed by atoms with Crippen molar-refractivity contribution < 1.29 is 0 Å². The van der Waals surface area contributed by atoms with Gasteiger partial charge in [0, 0.05) is 13.1 Å². The number of hydrogen-bond acceptors (Lipinski definition) is 7. The first-order valence-corrected chi connectivity index (χ1v) is 6.12. The van der Waals surface area contributed by atoms with Crippen molar-refractivity contribution in [3.05, 3.63) is 4.91 Å². The topological polar surface area (TPSA) is 83.4 Å². The van der Waals surface area contributed by atoms with Crippen molar-refractivity contribution in [3.63, 3.8) is 0 Å². The van der Waals surface area contributed by atoms with Crippen LogP contribution in [0.4, 0.5) is 11.9 Å². The van der Waals surface area contributed by atoms with Crippen molar-refractivity contribution in [2.75, 3.05) is 29.7 Å². The third-order valence-corrected chi connectivity index (χ3v) is 2.30. The van der Waals surface area contributed by atoms with Gasteiger partial charge in [-0.3, -0.25) is 0 Å². The SMILES string of the molecule is CCNc1nc(SC)nc(N(CC)N=O)n1. The molecule has 1 heterocycles. The van der Waals surface area contributed by atoms with Crippen LogP contribution in [0.2, 0.25) is 0 Å². The molecule has 0 amide bonds. The second kappa shape index (κ2) is 6.21. The fourth-order valence-electron chi connectivity index (χ4n) is 1.03. The molecule has 0 aliphatic carbocycles. The molecule has 0 fully saturated rings. The van der Waals surface area contributed by atoms with Gasteiger partial charge in [0.05, 0.1) is 5.29 Å². The lowest BCUT2D eigenvalue weighted by Crippen LogP contribution is -2.19. The maximum atomic E-state index is 10.6. The molecule has 1 N–H and O–H groups in total. The Bertz CT molecular complexity index is 360. The van der Waals surface area contributed by atoms with Crippen LogP contribution in [0.3, 0.4) is 0 Å². The van der Waals surface area contributed by atoms with Gasteiger partial charge in [-0.1, -0.05) is 11.8 Å². The van der Waals surface area contributed by atoms with Crippen LogP contribution >= 0.6 is 11.8 Å². The van der Waals surface area contributed by atoms with Crippen LogP contribution in [-0.4, -0.2) is 34.3 Å². The molecule has 1 aromatic rings. The summed E-state index contributed by atoms with van der Waals surface area (Å²) in [5, 5.41) is 7.57. The molecule has 8 heteroatoms. The van der Waals surface area contributed by atoms with Crippen LogP contribution in [0.5, 0.6) is 0 Å². The average molecular weight is 242 g/mol. The number of aromatic nitrogens is 3. The van der Waals surface area contributed by atoms with E-state index >= 15 is 0 Å². The Morgan fingerprint density at radius 1 is 1.38 bits per heavy atom. The molecule has 0 aliphatic rings. The van der Waals surface area contributed by atoms with E-state index < -0.39 is 0 Å². The van der Waals surface area contributed by atoms with Gasteiger partial charge in [-0.05, 0) is 20.1 Å². The van der Waals surface area contributed by atoms with Gasteiger partial charge in [0.25, 0.3) is 5.95 Å². The van der Waals surface area contributed by atoms with Crippen molar-refractivity contribution in [3.8, 4) is 0 Å². The summed E-state index contributed by atoms with van der Waals surface area (Å²) in [5.74, 6) is 0.728. The number of nitrogens with zero attached hydrogens (tertiary/aromatic N) is 5. The highest BCUT2D eigenvalue weighted by molar-refractivity contribution is 7.98. The van der Waals surface area contributed by atoms with E-state index in [1.54, 1.807) is 6.92 Å². The maximum absolute atomic E-state index is 10.6. The van der Waals surface area contributed by atoms with Crippen LogP contribution in [0, 0.1) is 4.91 Å². The Hall–Kier alpha value is -1.44. The Labute approximate surface area is 98.0 Å². The predicted molar refractivity (Wildman–Crippen MR) is 64.6 cm³/mol. The minimum absolute atomic E-state index is 0.271. The van der Waals surface area contributed by atoms with Crippen molar-refractivity contribution in [1.29, 1.82) is 0 Å². The first-order valence-electron chi connectivity index (χ1n) is 4.89. The molecule has 1 aromatic heterocycles. The molecule has 0 saturated heterocycles. The van der Waals surface area contributed by atoms with E-state index in [4.69, 9.17) is 0 Å². The van der Waals surface area contributed by atoms with E-state index in [-0.39, 0.29) is 5.95 Å². The second-order valence-corrected chi connectivity index (χ2v) is 3.55. The zero-order chi connectivity index (χ0) is 12.0. The van der Waals surface area contributed by atoms with Gasteiger partial charge in [0.2, 0.25) is 5.95 Å². The van der Waals surface area contributed by atoms with E-state index in [1.165, 1.54) is 16.8 Å². The van der Waals surface area contributed by atoms with Crippen molar-refractivity contribution in [2.45, 2.75) is 19.0 Å². The summed E-state index contributed by atoms with van der Waals surface area (Å²) >= 11 is 1.39. The fourth-order valence-corrected chi connectivity index (χ4v) is 1.38. The Balaban J connectivity index is 3.06. The largest absolute Gasteiger partial charge is 0.354 e. The smallest absolute Gasteiger partial charge is 0.254 e. The van der Waals surface area contributed by atoms with Crippen molar-refractivity contribution in [2.24, 2.45) is 5.29 Å². The number of rotatable bonds is 6. The van der Waals surface area contributed by atoms with Gasteiger partial charge in [-0.2, -0.15) is 20.0 Å². The van der Waals surface area contributed by atoms with E-state index in [2.05, 4.69) is 25.6 Å². The first kappa shape index (κ1) is 12.6. The molecule has 7 nitrogen and oxygen atoms in total. The van der Waals surface area contributed by atoms with Gasteiger partial charge in [0.1, 0.15) is 0 Å². The first-order chi connectivity index (χ1) is 7.74. The van der Waals surface area contributed by atoms with Crippen LogP contribution in [0.15, 0.2) is 10.4 Å². The number of thioether (sulfide) groups is 1. The lowest BCUT2D eigenvalue weighted by molar-refractivity contribution is 0.791. The monoisotopic (exact) mass is 242 g/mol. The minimum atomic E-state index is 0.271. The van der Waals surface area contributed by atoms with E-state index in [0.29, 0.717) is 24.2 Å². The second-order valence-electron chi connectivity index (χ2n) is 2.77. The Morgan fingerprint density at radius 3 is 2.62 bits per heavy atom. The van der Waals surface area contributed by atoms with Crippen LogP contribution in [0.1, 0.15) is 13.8 Å². The third-order valence-electron chi connectivity index (χ3n) is 1.75. The number of nitrogens with one attached hydrogen (secondary N) is 1. The van der Waals surface area contributed by atoms with E-state index in [0.717, 1.165) is 0 Å². The molecule has 0 bridgehead atoms. The maximum Gasteiger partial charge on any atom is 0.254 e. The summed E-state index contributed by atoms with van der Waals surface area (Å²) in [4.78, 5) is 22.9. The highest BCUT2D eigenvalue weighted by atomic mass is 32.2. The highest BCUT2D eigenvalue weighted by Gasteiger charge is 2.11. The normalized spacial score (nSPS) is 9.94. The van der Waals surface area contributed by atoms with Gasteiger partial charge < -0.3 is 5.32 Å². The molecule has 0 radical (unpaired) electrons. The number of anilines is 2. The molecular formula is C8H14N6OS. The Kier molecular flexibility index (Phi) is 4.90. The number of hydrogen-bond donors (Lipinski definition) is 1. The summed E-state index contributed by atoms with van der Waals surface area (Å²) in [5.41, 5.74) is 0. The summed E-state index contributed by atoms with van der Waals surface area (Å²) in [6, 6.07) is 0.